The maximum atomic E-state index is 12.1. The summed E-state index contributed by atoms with van der Waals surface area (Å²) in [6.45, 7) is 5.56. The third-order valence-corrected chi connectivity index (χ3v) is 3.50. The van der Waals surface area contributed by atoms with Crippen molar-refractivity contribution in [3.63, 3.8) is 0 Å². The van der Waals surface area contributed by atoms with E-state index in [2.05, 4.69) is 30.7 Å². The fourth-order valence-corrected chi connectivity index (χ4v) is 2.32. The fraction of sp³-hybridized carbons (Fsp3) is 0.278. The topological polar surface area (TPSA) is 107 Å². The van der Waals surface area contributed by atoms with E-state index in [1.165, 1.54) is 16.8 Å². The Bertz CT molecular complexity index is 920. The summed E-state index contributed by atoms with van der Waals surface area (Å²) in [5.41, 5.74) is 0.747. The minimum absolute atomic E-state index is 0.0920. The van der Waals surface area contributed by atoms with Crippen LogP contribution in [0.25, 0.3) is 0 Å². The Morgan fingerprint density at radius 3 is 2.22 bits per heavy atom. The van der Waals surface area contributed by atoms with E-state index in [4.69, 9.17) is 4.74 Å². The van der Waals surface area contributed by atoms with Gasteiger partial charge in [-0.3, -0.25) is 4.79 Å². The Balaban J connectivity index is 1.85. The number of hydrogen-bond donors (Lipinski definition) is 2. The molecule has 0 aliphatic rings. The van der Waals surface area contributed by atoms with Crippen LogP contribution in [-0.4, -0.2) is 37.8 Å². The quantitative estimate of drug-likeness (QED) is 0.623. The Morgan fingerprint density at radius 2 is 1.59 bits per heavy atom. The molecule has 140 valence electrons. The van der Waals surface area contributed by atoms with Gasteiger partial charge in [-0.15, -0.1) is 5.10 Å². The molecule has 0 aliphatic carbocycles. The normalized spacial score (nSPS) is 10.4. The Kier molecular flexibility index (Phi) is 5.93. The summed E-state index contributed by atoms with van der Waals surface area (Å²) >= 11 is 0. The molecule has 0 saturated carbocycles. The van der Waals surface area contributed by atoms with Gasteiger partial charge in [0.25, 0.3) is 5.56 Å². The summed E-state index contributed by atoms with van der Waals surface area (Å²) in [5.74, 6) is 1.02. The van der Waals surface area contributed by atoms with Gasteiger partial charge in [-0.2, -0.15) is 15.0 Å². The molecule has 1 aromatic carbocycles. The molecule has 2 N–H and O–H groups in total. The lowest BCUT2D eigenvalue weighted by atomic mass is 10.2. The molecule has 0 unspecified atom stereocenters. The molecule has 2 aromatic heterocycles. The lowest BCUT2D eigenvalue weighted by Gasteiger charge is -2.10. The lowest BCUT2D eigenvalue weighted by Crippen LogP contribution is -2.22. The van der Waals surface area contributed by atoms with Crippen LogP contribution < -0.4 is 20.9 Å². The van der Waals surface area contributed by atoms with E-state index in [0.717, 1.165) is 5.56 Å². The van der Waals surface area contributed by atoms with Gasteiger partial charge in [-0.1, -0.05) is 30.3 Å². The molecule has 0 spiro atoms. The smallest absolute Gasteiger partial charge is 0.330 e. The second-order valence-corrected chi connectivity index (χ2v) is 5.58. The first-order chi connectivity index (χ1) is 13.2. The van der Waals surface area contributed by atoms with Gasteiger partial charge in [0.15, 0.2) is 0 Å². The van der Waals surface area contributed by atoms with E-state index < -0.39 is 0 Å². The number of nitrogens with zero attached hydrogens (tertiary/aromatic N) is 5. The highest BCUT2D eigenvalue weighted by Crippen LogP contribution is 2.17. The number of anilines is 2. The Hall–Kier alpha value is -3.49. The van der Waals surface area contributed by atoms with Gasteiger partial charge < -0.3 is 15.4 Å². The van der Waals surface area contributed by atoms with Crippen molar-refractivity contribution in [3.8, 4) is 11.9 Å². The van der Waals surface area contributed by atoms with E-state index >= 15 is 0 Å². The van der Waals surface area contributed by atoms with Crippen LogP contribution in [0.1, 0.15) is 19.4 Å². The summed E-state index contributed by atoms with van der Waals surface area (Å²) in [5, 5.41) is 10.3. The summed E-state index contributed by atoms with van der Waals surface area (Å²) in [6.07, 6.45) is 0. The number of rotatable bonds is 8. The predicted octanol–water partition coefficient (Wildman–Crippen LogP) is 2.13. The standard InChI is InChI=1S/C18H21N7O2/c1-3-19-16-21-17(20-4-2)23-18(22-16)27-14-10-11-15(26)25(24-14)12-13-8-6-5-7-9-13/h5-11H,3-4,12H2,1-2H3,(H2,19,20,21,22,23). The molecule has 3 rings (SSSR count). The predicted molar refractivity (Wildman–Crippen MR) is 102 cm³/mol. The first-order valence-electron chi connectivity index (χ1n) is 8.71. The van der Waals surface area contributed by atoms with E-state index in [1.54, 1.807) is 0 Å². The monoisotopic (exact) mass is 367 g/mol. The third-order valence-electron chi connectivity index (χ3n) is 3.50. The van der Waals surface area contributed by atoms with Crippen molar-refractivity contribution in [2.45, 2.75) is 20.4 Å². The number of aromatic nitrogens is 5. The maximum Gasteiger partial charge on any atom is 0.330 e. The zero-order valence-corrected chi connectivity index (χ0v) is 15.2. The average molecular weight is 367 g/mol. The minimum atomic E-state index is -0.219. The molecular formula is C18H21N7O2. The van der Waals surface area contributed by atoms with Gasteiger partial charge in [0.1, 0.15) is 0 Å². The molecular weight excluding hydrogens is 346 g/mol. The zero-order valence-electron chi connectivity index (χ0n) is 15.2. The van der Waals surface area contributed by atoms with Gasteiger partial charge in [-0.05, 0) is 19.4 Å². The van der Waals surface area contributed by atoms with Gasteiger partial charge in [-0.25, -0.2) is 4.68 Å². The molecule has 2 heterocycles. The third kappa shape index (κ3) is 5.00. The number of nitrogens with one attached hydrogen (secondary N) is 2. The molecule has 0 bridgehead atoms. The van der Waals surface area contributed by atoms with Gasteiger partial charge in [0.05, 0.1) is 6.54 Å². The zero-order chi connectivity index (χ0) is 19.1. The molecule has 9 heteroatoms. The van der Waals surface area contributed by atoms with Gasteiger partial charge in [0, 0.05) is 25.2 Å². The summed E-state index contributed by atoms with van der Waals surface area (Å²) in [7, 11) is 0. The number of benzene rings is 1. The summed E-state index contributed by atoms with van der Waals surface area (Å²) < 4.78 is 7.01. The Labute approximate surface area is 156 Å². The van der Waals surface area contributed by atoms with E-state index in [0.29, 0.717) is 31.5 Å². The van der Waals surface area contributed by atoms with Crippen LogP contribution in [-0.2, 0) is 6.54 Å². The van der Waals surface area contributed by atoms with Gasteiger partial charge in [0.2, 0.25) is 17.8 Å². The molecule has 0 fully saturated rings. The lowest BCUT2D eigenvalue weighted by molar-refractivity contribution is 0.403. The van der Waals surface area contributed by atoms with E-state index in [-0.39, 0.29) is 17.4 Å². The summed E-state index contributed by atoms with van der Waals surface area (Å²) in [6, 6.07) is 12.6. The highest BCUT2D eigenvalue weighted by Gasteiger charge is 2.10. The molecule has 27 heavy (non-hydrogen) atoms. The SMILES string of the molecule is CCNc1nc(NCC)nc(Oc2ccc(=O)n(Cc3ccccc3)n2)n1. The van der Waals surface area contributed by atoms with Crippen molar-refractivity contribution in [2.75, 3.05) is 23.7 Å². The van der Waals surface area contributed by atoms with Crippen molar-refractivity contribution in [2.24, 2.45) is 0 Å². The van der Waals surface area contributed by atoms with Crippen LogP contribution in [0.3, 0.4) is 0 Å². The van der Waals surface area contributed by atoms with Crippen LogP contribution in [0.5, 0.6) is 11.9 Å². The molecule has 0 radical (unpaired) electrons. The van der Waals surface area contributed by atoms with Crippen molar-refractivity contribution >= 4 is 11.9 Å². The van der Waals surface area contributed by atoms with Crippen molar-refractivity contribution in [1.29, 1.82) is 0 Å². The van der Waals surface area contributed by atoms with Crippen LogP contribution in [0.2, 0.25) is 0 Å². The van der Waals surface area contributed by atoms with Gasteiger partial charge >= 0.3 is 6.01 Å². The number of ether oxygens (including phenoxy) is 1. The highest BCUT2D eigenvalue weighted by atomic mass is 16.5. The van der Waals surface area contributed by atoms with E-state index in [1.807, 2.05) is 44.2 Å². The average Bonchev–Trinajstić information content (AvgIpc) is 2.66. The van der Waals surface area contributed by atoms with Crippen LogP contribution in [0.15, 0.2) is 47.3 Å². The minimum Gasteiger partial charge on any atom is -0.403 e. The molecule has 0 amide bonds. The van der Waals surface area contributed by atoms with Crippen molar-refractivity contribution in [1.82, 2.24) is 24.7 Å². The maximum absolute atomic E-state index is 12.1. The molecule has 0 saturated heterocycles. The second kappa shape index (κ2) is 8.75. The van der Waals surface area contributed by atoms with Crippen LogP contribution in [0.4, 0.5) is 11.9 Å². The van der Waals surface area contributed by atoms with E-state index in [9.17, 15) is 4.79 Å². The number of hydrogen-bond acceptors (Lipinski definition) is 8. The highest BCUT2D eigenvalue weighted by molar-refractivity contribution is 5.36. The fourth-order valence-electron chi connectivity index (χ4n) is 2.32. The van der Waals surface area contributed by atoms with Crippen molar-refractivity contribution in [3.05, 3.63) is 58.4 Å². The molecule has 3 aromatic rings. The Morgan fingerprint density at radius 1 is 0.926 bits per heavy atom. The molecule has 0 aliphatic heterocycles. The van der Waals surface area contributed by atoms with Crippen LogP contribution >= 0.6 is 0 Å². The molecule has 9 nitrogen and oxygen atoms in total. The first-order valence-corrected chi connectivity index (χ1v) is 8.71. The molecule has 0 atom stereocenters. The first kappa shape index (κ1) is 18.3. The largest absolute Gasteiger partial charge is 0.403 e. The summed E-state index contributed by atoms with van der Waals surface area (Å²) in [4.78, 5) is 24.8. The van der Waals surface area contributed by atoms with Crippen molar-refractivity contribution < 1.29 is 4.74 Å². The van der Waals surface area contributed by atoms with Crippen LogP contribution in [0, 0.1) is 0 Å². The second-order valence-electron chi connectivity index (χ2n) is 5.58.